The zero-order valence-corrected chi connectivity index (χ0v) is 14.6. The molecule has 0 saturated carbocycles. The van der Waals surface area contributed by atoms with Gasteiger partial charge in [-0.05, 0) is 23.8 Å². The van der Waals surface area contributed by atoms with Crippen LogP contribution in [-0.4, -0.2) is 35.8 Å². The van der Waals surface area contributed by atoms with Crippen molar-refractivity contribution in [2.24, 2.45) is 7.05 Å². The number of aromatic nitrogens is 5. The summed E-state index contributed by atoms with van der Waals surface area (Å²) in [7, 11) is 1.91. The van der Waals surface area contributed by atoms with E-state index in [-0.39, 0.29) is 0 Å². The van der Waals surface area contributed by atoms with Crippen LogP contribution >= 0.6 is 0 Å². The Morgan fingerprint density at radius 2 is 2.08 bits per heavy atom. The molecule has 0 unspecified atom stereocenters. The molecule has 0 amide bonds. The van der Waals surface area contributed by atoms with Crippen LogP contribution in [0.25, 0.3) is 0 Å². The number of nitrogens with zero attached hydrogens (tertiary/aromatic N) is 7. The van der Waals surface area contributed by atoms with Gasteiger partial charge in [-0.15, -0.1) is 0 Å². The number of rotatable bonds is 5. The van der Waals surface area contributed by atoms with Gasteiger partial charge in [0.15, 0.2) is 0 Å². The van der Waals surface area contributed by atoms with E-state index >= 15 is 0 Å². The molecule has 0 radical (unpaired) electrons. The van der Waals surface area contributed by atoms with Crippen molar-refractivity contribution in [1.29, 1.82) is 5.26 Å². The summed E-state index contributed by atoms with van der Waals surface area (Å²) >= 11 is 0. The van der Waals surface area contributed by atoms with Gasteiger partial charge in [0, 0.05) is 45.3 Å². The van der Waals surface area contributed by atoms with E-state index in [1.165, 1.54) is 11.3 Å². The third-order valence-electron chi connectivity index (χ3n) is 4.50. The van der Waals surface area contributed by atoms with Gasteiger partial charge in [0.2, 0.25) is 5.95 Å². The summed E-state index contributed by atoms with van der Waals surface area (Å²) in [6.45, 7) is 4.11. The fourth-order valence-electron chi connectivity index (χ4n) is 3.25. The monoisotopic (exact) mass is 348 g/mol. The highest BCUT2D eigenvalue weighted by Gasteiger charge is 2.19. The molecule has 132 valence electrons. The summed E-state index contributed by atoms with van der Waals surface area (Å²) < 4.78 is 3.95. The third kappa shape index (κ3) is 3.43. The summed E-state index contributed by atoms with van der Waals surface area (Å²) in [4.78, 5) is 10.7. The molecule has 3 aromatic rings. The van der Waals surface area contributed by atoms with Crippen molar-refractivity contribution in [3.8, 4) is 6.07 Å². The molecule has 26 heavy (non-hydrogen) atoms. The van der Waals surface area contributed by atoms with Gasteiger partial charge < -0.3 is 9.88 Å². The first-order chi connectivity index (χ1) is 12.7. The van der Waals surface area contributed by atoms with Crippen LogP contribution in [0.5, 0.6) is 0 Å². The normalized spacial score (nSPS) is 14.0. The SMILES string of the molecule is Cn1cc(CN2CCn3nc(CNc4ncccn4)cc3C2)cc1C#N. The first kappa shape index (κ1) is 16.3. The quantitative estimate of drug-likeness (QED) is 0.752. The van der Waals surface area contributed by atoms with Gasteiger partial charge in [-0.1, -0.05) is 0 Å². The van der Waals surface area contributed by atoms with Crippen molar-refractivity contribution >= 4 is 5.95 Å². The second-order valence-electron chi connectivity index (χ2n) is 6.44. The molecule has 0 atom stereocenters. The lowest BCUT2D eigenvalue weighted by Crippen LogP contribution is -2.33. The summed E-state index contributed by atoms with van der Waals surface area (Å²) in [6, 6.07) is 8.10. The number of nitrogens with one attached hydrogen (secondary N) is 1. The minimum atomic E-state index is 0.605. The molecule has 3 aromatic heterocycles. The van der Waals surface area contributed by atoms with Crippen molar-refractivity contribution in [3.63, 3.8) is 0 Å². The predicted molar refractivity (Wildman–Crippen MR) is 95.8 cm³/mol. The molecule has 1 N–H and O–H groups in total. The molecule has 8 nitrogen and oxygen atoms in total. The molecule has 4 heterocycles. The van der Waals surface area contributed by atoms with Gasteiger partial charge in [0.25, 0.3) is 0 Å². The van der Waals surface area contributed by atoms with Gasteiger partial charge in [-0.2, -0.15) is 10.4 Å². The maximum absolute atomic E-state index is 9.09. The smallest absolute Gasteiger partial charge is 0.222 e. The predicted octanol–water partition coefficient (Wildman–Crippen LogP) is 1.51. The number of anilines is 1. The molecule has 0 aliphatic carbocycles. The molecule has 8 heteroatoms. The minimum Gasteiger partial charge on any atom is -0.348 e. The lowest BCUT2D eigenvalue weighted by atomic mass is 10.2. The van der Waals surface area contributed by atoms with E-state index in [9.17, 15) is 0 Å². The maximum atomic E-state index is 9.09. The van der Waals surface area contributed by atoms with E-state index in [1.54, 1.807) is 18.5 Å². The van der Waals surface area contributed by atoms with E-state index in [1.807, 2.05) is 23.9 Å². The molecular weight excluding hydrogens is 328 g/mol. The molecular formula is C18H20N8. The Balaban J connectivity index is 1.39. The summed E-state index contributed by atoms with van der Waals surface area (Å²) in [6.07, 6.45) is 5.46. The number of hydrogen-bond acceptors (Lipinski definition) is 6. The second kappa shape index (κ2) is 6.98. The Labute approximate surface area is 151 Å². The number of nitriles is 1. The van der Waals surface area contributed by atoms with Crippen LogP contribution in [0.2, 0.25) is 0 Å². The zero-order valence-electron chi connectivity index (χ0n) is 14.6. The van der Waals surface area contributed by atoms with Crippen LogP contribution in [0, 0.1) is 11.3 Å². The first-order valence-electron chi connectivity index (χ1n) is 8.55. The van der Waals surface area contributed by atoms with Crippen LogP contribution in [0.15, 0.2) is 36.8 Å². The van der Waals surface area contributed by atoms with E-state index in [2.05, 4.69) is 42.1 Å². The van der Waals surface area contributed by atoms with Crippen molar-refractivity contribution in [1.82, 2.24) is 29.2 Å². The molecule has 0 bridgehead atoms. The number of aryl methyl sites for hydroxylation is 1. The topological polar surface area (TPSA) is 87.6 Å². The molecule has 1 aliphatic heterocycles. The van der Waals surface area contributed by atoms with Crippen molar-refractivity contribution in [2.75, 3.05) is 11.9 Å². The van der Waals surface area contributed by atoms with Gasteiger partial charge in [0.1, 0.15) is 11.8 Å². The number of fused-ring (bicyclic) bond motifs is 1. The van der Waals surface area contributed by atoms with E-state index in [4.69, 9.17) is 5.26 Å². The standard InChI is InChI=1S/C18H20N8/c1-24-11-14(7-16(24)9-19)12-25-5-6-26-17(13-25)8-15(23-26)10-22-18-20-3-2-4-21-18/h2-4,7-8,11H,5-6,10,12-13H2,1H3,(H,20,21,22). The van der Waals surface area contributed by atoms with E-state index in [0.717, 1.165) is 31.9 Å². The fourth-order valence-corrected chi connectivity index (χ4v) is 3.25. The average Bonchev–Trinajstić information content (AvgIpc) is 3.23. The van der Waals surface area contributed by atoms with Gasteiger partial charge >= 0.3 is 0 Å². The highest BCUT2D eigenvalue weighted by molar-refractivity contribution is 5.28. The third-order valence-corrected chi connectivity index (χ3v) is 4.50. The van der Waals surface area contributed by atoms with E-state index in [0.29, 0.717) is 18.2 Å². The van der Waals surface area contributed by atoms with Crippen LogP contribution in [0.1, 0.15) is 22.6 Å². The lowest BCUT2D eigenvalue weighted by molar-refractivity contribution is 0.205. The molecule has 4 rings (SSSR count). The molecule has 0 saturated heterocycles. The Morgan fingerprint density at radius 3 is 2.85 bits per heavy atom. The Morgan fingerprint density at radius 1 is 1.23 bits per heavy atom. The van der Waals surface area contributed by atoms with Crippen molar-refractivity contribution in [3.05, 3.63) is 59.4 Å². The highest BCUT2D eigenvalue weighted by Crippen LogP contribution is 2.17. The van der Waals surface area contributed by atoms with Crippen molar-refractivity contribution < 1.29 is 0 Å². The molecule has 0 spiro atoms. The van der Waals surface area contributed by atoms with Crippen LogP contribution in [-0.2, 0) is 33.2 Å². The Bertz CT molecular complexity index is 934. The second-order valence-corrected chi connectivity index (χ2v) is 6.44. The lowest BCUT2D eigenvalue weighted by Gasteiger charge is -2.27. The van der Waals surface area contributed by atoms with Crippen LogP contribution in [0.3, 0.4) is 0 Å². The van der Waals surface area contributed by atoms with Crippen molar-refractivity contribution in [2.45, 2.75) is 26.2 Å². The first-order valence-corrected chi connectivity index (χ1v) is 8.55. The molecule has 1 aliphatic rings. The molecule has 0 fully saturated rings. The summed E-state index contributed by atoms with van der Waals surface area (Å²) in [5.74, 6) is 0.609. The maximum Gasteiger partial charge on any atom is 0.222 e. The highest BCUT2D eigenvalue weighted by atomic mass is 15.3. The van der Waals surface area contributed by atoms with Gasteiger partial charge in [-0.3, -0.25) is 9.58 Å². The van der Waals surface area contributed by atoms with Gasteiger partial charge in [-0.25, -0.2) is 9.97 Å². The van der Waals surface area contributed by atoms with E-state index < -0.39 is 0 Å². The number of hydrogen-bond donors (Lipinski definition) is 1. The Kier molecular flexibility index (Phi) is 4.37. The van der Waals surface area contributed by atoms with Crippen LogP contribution in [0.4, 0.5) is 5.95 Å². The summed E-state index contributed by atoms with van der Waals surface area (Å²) in [5.41, 5.74) is 4.05. The zero-order chi connectivity index (χ0) is 17.9. The van der Waals surface area contributed by atoms with Crippen LogP contribution < -0.4 is 5.32 Å². The average molecular weight is 348 g/mol. The molecule has 0 aromatic carbocycles. The summed E-state index contributed by atoms with van der Waals surface area (Å²) in [5, 5.41) is 16.9. The minimum absolute atomic E-state index is 0.605. The Hall–Kier alpha value is -3.18. The largest absolute Gasteiger partial charge is 0.348 e. The van der Waals surface area contributed by atoms with Gasteiger partial charge in [0.05, 0.1) is 24.5 Å². The fraction of sp³-hybridized carbons (Fsp3) is 0.333.